The molecule has 1 rings (SSSR count). The molecule has 2 nitrogen and oxygen atoms in total. The molecule has 0 radical (unpaired) electrons. The number of unbranched alkanes of at least 4 members (excludes halogenated alkanes) is 9. The molecule has 0 saturated carbocycles. The van der Waals surface area contributed by atoms with Crippen LogP contribution < -0.4 is 4.74 Å². The van der Waals surface area contributed by atoms with Gasteiger partial charge in [0.05, 0.1) is 7.11 Å². The molecule has 0 aliphatic heterocycles. The van der Waals surface area contributed by atoms with Gasteiger partial charge in [0.2, 0.25) is 0 Å². The van der Waals surface area contributed by atoms with Crippen LogP contribution in [0, 0.1) is 0 Å². The number of methoxy groups -OCH3 is 1. The highest BCUT2D eigenvalue weighted by Crippen LogP contribution is 2.13. The lowest BCUT2D eigenvalue weighted by Crippen LogP contribution is -1.86. The normalized spacial score (nSPS) is 11.2. The first-order valence-corrected chi connectivity index (χ1v) is 9.75. The van der Waals surface area contributed by atoms with Gasteiger partial charge in [-0.15, -0.1) is 0 Å². The number of hydrogen-bond donors (Lipinski definition) is 1. The quantitative estimate of drug-likeness (QED) is 0.312. The van der Waals surface area contributed by atoms with Crippen molar-refractivity contribution in [3.05, 3.63) is 42.0 Å². The van der Waals surface area contributed by atoms with Gasteiger partial charge in [0, 0.05) is 6.61 Å². The van der Waals surface area contributed by atoms with Crippen LogP contribution in [0.3, 0.4) is 0 Å². The van der Waals surface area contributed by atoms with E-state index in [4.69, 9.17) is 9.84 Å². The van der Waals surface area contributed by atoms with Crippen molar-refractivity contribution in [2.24, 2.45) is 0 Å². The van der Waals surface area contributed by atoms with Gasteiger partial charge in [-0.1, -0.05) is 62.8 Å². The maximum absolute atomic E-state index is 8.71. The Hall–Kier alpha value is -1.28. The van der Waals surface area contributed by atoms with Crippen molar-refractivity contribution in [1.82, 2.24) is 0 Å². The van der Waals surface area contributed by atoms with E-state index >= 15 is 0 Å². The molecule has 0 heterocycles. The summed E-state index contributed by atoms with van der Waals surface area (Å²) in [4.78, 5) is 0. The molecule has 0 bridgehead atoms. The van der Waals surface area contributed by atoms with Gasteiger partial charge < -0.3 is 9.84 Å². The maximum atomic E-state index is 8.71. The molecule has 0 spiro atoms. The highest BCUT2D eigenvalue weighted by atomic mass is 16.5. The van der Waals surface area contributed by atoms with Crippen molar-refractivity contribution in [3.63, 3.8) is 0 Å². The van der Waals surface area contributed by atoms with Crippen LogP contribution in [0.2, 0.25) is 0 Å². The summed E-state index contributed by atoms with van der Waals surface area (Å²) in [6.07, 6.45) is 19.7. The molecule has 0 atom stereocenters. The highest BCUT2D eigenvalue weighted by Gasteiger charge is 1.94. The summed E-state index contributed by atoms with van der Waals surface area (Å²) >= 11 is 0. The summed E-state index contributed by atoms with van der Waals surface area (Å²) in [5, 5.41) is 8.71. The minimum atomic E-state index is 0.354. The van der Waals surface area contributed by atoms with Gasteiger partial charge in [0.25, 0.3) is 0 Å². The van der Waals surface area contributed by atoms with Crippen molar-refractivity contribution in [3.8, 4) is 5.75 Å². The van der Waals surface area contributed by atoms with Gasteiger partial charge in [0.1, 0.15) is 5.75 Å². The standard InChI is InChI=1S/C22H36O2/c1-24-22-18-16-21(17-19-22)15-13-11-9-7-5-3-2-4-6-8-10-12-14-20-23/h7,9,16-19,23H,2-6,8,10-15,20H2,1H3. The van der Waals surface area contributed by atoms with E-state index in [0.29, 0.717) is 6.61 Å². The van der Waals surface area contributed by atoms with Gasteiger partial charge in [0.15, 0.2) is 0 Å². The molecular formula is C22H36O2. The largest absolute Gasteiger partial charge is 0.497 e. The Balaban J connectivity index is 1.87. The van der Waals surface area contributed by atoms with Crippen LogP contribution in [0.5, 0.6) is 5.75 Å². The molecule has 0 saturated heterocycles. The third-order valence-corrected chi connectivity index (χ3v) is 4.44. The van der Waals surface area contributed by atoms with E-state index in [-0.39, 0.29) is 0 Å². The Labute approximate surface area is 148 Å². The van der Waals surface area contributed by atoms with E-state index in [2.05, 4.69) is 24.3 Å². The summed E-state index contributed by atoms with van der Waals surface area (Å²) in [6, 6.07) is 8.40. The van der Waals surface area contributed by atoms with Gasteiger partial charge >= 0.3 is 0 Å². The van der Waals surface area contributed by atoms with E-state index in [0.717, 1.165) is 18.6 Å². The zero-order valence-corrected chi connectivity index (χ0v) is 15.5. The van der Waals surface area contributed by atoms with Crippen LogP contribution in [-0.4, -0.2) is 18.8 Å². The highest BCUT2D eigenvalue weighted by molar-refractivity contribution is 5.27. The van der Waals surface area contributed by atoms with E-state index < -0.39 is 0 Å². The molecule has 24 heavy (non-hydrogen) atoms. The zero-order chi connectivity index (χ0) is 17.3. The van der Waals surface area contributed by atoms with Gasteiger partial charge in [-0.2, -0.15) is 0 Å². The molecule has 0 amide bonds. The molecule has 0 unspecified atom stereocenters. The second kappa shape index (κ2) is 15.3. The summed E-state index contributed by atoms with van der Waals surface area (Å²) < 4.78 is 5.18. The van der Waals surface area contributed by atoms with Crippen LogP contribution in [0.15, 0.2) is 36.4 Å². The van der Waals surface area contributed by atoms with Crippen LogP contribution in [-0.2, 0) is 6.42 Å². The topological polar surface area (TPSA) is 29.5 Å². The second-order valence-electron chi connectivity index (χ2n) is 6.55. The first kappa shape index (κ1) is 20.8. The van der Waals surface area contributed by atoms with E-state index in [1.54, 1.807) is 7.11 Å². The lowest BCUT2D eigenvalue weighted by molar-refractivity contribution is 0.282. The minimum absolute atomic E-state index is 0.354. The predicted molar refractivity (Wildman–Crippen MR) is 104 cm³/mol. The number of benzene rings is 1. The number of aryl methyl sites for hydroxylation is 1. The zero-order valence-electron chi connectivity index (χ0n) is 15.5. The number of rotatable bonds is 15. The van der Waals surface area contributed by atoms with Crippen molar-refractivity contribution in [1.29, 1.82) is 0 Å². The molecule has 0 aliphatic rings. The molecule has 0 aromatic heterocycles. The van der Waals surface area contributed by atoms with Crippen LogP contribution in [0.1, 0.15) is 76.2 Å². The molecular weight excluding hydrogens is 296 g/mol. The van der Waals surface area contributed by atoms with Gasteiger partial charge in [-0.05, 0) is 56.2 Å². The smallest absolute Gasteiger partial charge is 0.118 e. The third kappa shape index (κ3) is 11.3. The van der Waals surface area contributed by atoms with Gasteiger partial charge in [-0.3, -0.25) is 0 Å². The fourth-order valence-electron chi connectivity index (χ4n) is 2.89. The monoisotopic (exact) mass is 332 g/mol. The van der Waals surface area contributed by atoms with Crippen LogP contribution in [0.4, 0.5) is 0 Å². The second-order valence-corrected chi connectivity index (χ2v) is 6.55. The average Bonchev–Trinajstić information content (AvgIpc) is 2.62. The fourth-order valence-corrected chi connectivity index (χ4v) is 2.89. The Morgan fingerprint density at radius 1 is 0.750 bits per heavy atom. The SMILES string of the molecule is COc1ccc(CCCC=CCCCCCCCCCCO)cc1. The first-order valence-electron chi connectivity index (χ1n) is 9.75. The van der Waals surface area contributed by atoms with Crippen molar-refractivity contribution >= 4 is 0 Å². The van der Waals surface area contributed by atoms with Crippen molar-refractivity contribution in [2.75, 3.05) is 13.7 Å². The number of aliphatic hydroxyl groups excluding tert-OH is 1. The third-order valence-electron chi connectivity index (χ3n) is 4.44. The van der Waals surface area contributed by atoms with E-state index in [9.17, 15) is 0 Å². The Kier molecular flexibility index (Phi) is 13.2. The first-order chi connectivity index (χ1) is 11.9. The Morgan fingerprint density at radius 3 is 1.88 bits per heavy atom. The molecule has 136 valence electrons. The molecule has 2 heteroatoms. The summed E-state index contributed by atoms with van der Waals surface area (Å²) in [5.41, 5.74) is 1.39. The Bertz CT molecular complexity index is 408. The number of allylic oxidation sites excluding steroid dienone is 2. The average molecular weight is 333 g/mol. The molecule has 0 aliphatic carbocycles. The van der Waals surface area contributed by atoms with E-state index in [1.807, 2.05) is 12.1 Å². The molecule has 1 aromatic carbocycles. The lowest BCUT2D eigenvalue weighted by atomic mass is 10.1. The van der Waals surface area contributed by atoms with Crippen LogP contribution >= 0.6 is 0 Å². The molecule has 0 fully saturated rings. The van der Waals surface area contributed by atoms with E-state index in [1.165, 1.54) is 69.8 Å². The molecule has 1 aromatic rings. The van der Waals surface area contributed by atoms with Crippen LogP contribution in [0.25, 0.3) is 0 Å². The van der Waals surface area contributed by atoms with Crippen molar-refractivity contribution < 1.29 is 9.84 Å². The maximum Gasteiger partial charge on any atom is 0.118 e. The summed E-state index contributed by atoms with van der Waals surface area (Å²) in [6.45, 7) is 0.354. The fraction of sp³-hybridized carbons (Fsp3) is 0.636. The van der Waals surface area contributed by atoms with Gasteiger partial charge in [-0.25, -0.2) is 0 Å². The predicted octanol–water partition coefficient (Wildman–Crippen LogP) is 6.08. The van der Waals surface area contributed by atoms with Crippen molar-refractivity contribution in [2.45, 2.75) is 77.0 Å². The Morgan fingerprint density at radius 2 is 1.29 bits per heavy atom. The molecule has 1 N–H and O–H groups in total. The summed E-state index contributed by atoms with van der Waals surface area (Å²) in [5.74, 6) is 0.934. The number of ether oxygens (including phenoxy) is 1. The number of aliphatic hydroxyl groups is 1. The lowest BCUT2D eigenvalue weighted by Gasteiger charge is -2.02. The number of hydrogen-bond acceptors (Lipinski definition) is 2. The minimum Gasteiger partial charge on any atom is -0.497 e. The summed E-state index contributed by atoms with van der Waals surface area (Å²) in [7, 11) is 1.71.